The number of aromatic amines is 1. The number of nitrogens with one attached hydrogen (secondary N) is 2. The summed E-state index contributed by atoms with van der Waals surface area (Å²) in [6.45, 7) is 4.40. The van der Waals surface area contributed by atoms with E-state index in [1.165, 1.54) is 0 Å². The first kappa shape index (κ1) is 15.1. The molecule has 0 saturated heterocycles. The summed E-state index contributed by atoms with van der Waals surface area (Å²) in [4.78, 5) is 22.2. The molecule has 1 aromatic heterocycles. The van der Waals surface area contributed by atoms with Crippen molar-refractivity contribution in [2.45, 2.75) is 46.0 Å². The fourth-order valence-electron chi connectivity index (χ4n) is 1.81. The molecule has 0 aliphatic heterocycles. The summed E-state index contributed by atoms with van der Waals surface area (Å²) >= 11 is 0. The summed E-state index contributed by atoms with van der Waals surface area (Å²) < 4.78 is 0. The SMILES string of the molecule is CCCCCCNC(=O)c1n[nH]c(CC)c1[N+](=O)[O-]. The minimum Gasteiger partial charge on any atom is -0.350 e. The molecule has 19 heavy (non-hydrogen) atoms. The molecule has 1 heterocycles. The first-order chi connectivity index (χ1) is 9.11. The summed E-state index contributed by atoms with van der Waals surface area (Å²) in [6.07, 6.45) is 4.60. The lowest BCUT2D eigenvalue weighted by Gasteiger charge is -2.02. The normalized spacial score (nSPS) is 10.4. The summed E-state index contributed by atoms with van der Waals surface area (Å²) in [5.41, 5.74) is 0.0343. The number of unbranched alkanes of at least 4 members (excludes halogenated alkanes) is 3. The Hall–Kier alpha value is -1.92. The molecule has 1 rings (SSSR count). The third-order valence-electron chi connectivity index (χ3n) is 2.88. The maximum atomic E-state index is 11.8. The van der Waals surface area contributed by atoms with Gasteiger partial charge in [-0.15, -0.1) is 0 Å². The Morgan fingerprint density at radius 3 is 2.68 bits per heavy atom. The molecule has 0 unspecified atom stereocenters. The second-order valence-electron chi connectivity index (χ2n) is 4.33. The summed E-state index contributed by atoms with van der Waals surface area (Å²) in [5.74, 6) is -0.487. The highest BCUT2D eigenvalue weighted by Crippen LogP contribution is 2.21. The van der Waals surface area contributed by atoms with Gasteiger partial charge in [-0.3, -0.25) is 20.0 Å². The maximum absolute atomic E-state index is 11.8. The van der Waals surface area contributed by atoms with E-state index in [4.69, 9.17) is 0 Å². The summed E-state index contributed by atoms with van der Waals surface area (Å²) in [7, 11) is 0. The van der Waals surface area contributed by atoms with Crippen LogP contribution in [-0.2, 0) is 6.42 Å². The van der Waals surface area contributed by atoms with Crippen LogP contribution >= 0.6 is 0 Å². The molecule has 0 radical (unpaired) electrons. The van der Waals surface area contributed by atoms with Crippen LogP contribution in [0.5, 0.6) is 0 Å². The molecule has 0 saturated carbocycles. The van der Waals surface area contributed by atoms with Gasteiger partial charge in [-0.05, 0) is 12.8 Å². The highest BCUT2D eigenvalue weighted by molar-refractivity contribution is 5.96. The lowest BCUT2D eigenvalue weighted by molar-refractivity contribution is -0.385. The molecular formula is C12H20N4O3. The van der Waals surface area contributed by atoms with Gasteiger partial charge >= 0.3 is 5.69 Å². The number of H-pyrrole nitrogens is 1. The number of hydrogen-bond donors (Lipinski definition) is 2. The van der Waals surface area contributed by atoms with E-state index in [1.54, 1.807) is 6.92 Å². The monoisotopic (exact) mass is 268 g/mol. The average molecular weight is 268 g/mol. The van der Waals surface area contributed by atoms with E-state index in [1.807, 2.05) is 0 Å². The highest BCUT2D eigenvalue weighted by atomic mass is 16.6. The third-order valence-corrected chi connectivity index (χ3v) is 2.88. The van der Waals surface area contributed by atoms with E-state index < -0.39 is 10.8 Å². The third kappa shape index (κ3) is 4.04. The molecule has 0 spiro atoms. The largest absolute Gasteiger partial charge is 0.350 e. The standard InChI is InChI=1S/C12H20N4O3/c1-3-5-6-7-8-13-12(17)10-11(16(18)19)9(4-2)14-15-10/h3-8H2,1-2H3,(H,13,17)(H,14,15). The number of carbonyl (C=O) groups excluding carboxylic acids is 1. The van der Waals surface area contributed by atoms with Gasteiger partial charge in [0.05, 0.1) is 4.92 Å². The summed E-state index contributed by atoms with van der Waals surface area (Å²) in [6, 6.07) is 0. The first-order valence-electron chi connectivity index (χ1n) is 6.61. The van der Waals surface area contributed by atoms with Crippen LogP contribution in [-0.4, -0.2) is 27.6 Å². The quantitative estimate of drug-likeness (QED) is 0.428. The zero-order valence-corrected chi connectivity index (χ0v) is 11.4. The fourth-order valence-corrected chi connectivity index (χ4v) is 1.81. The topological polar surface area (TPSA) is 101 Å². The lowest BCUT2D eigenvalue weighted by atomic mass is 10.2. The van der Waals surface area contributed by atoms with Crippen molar-refractivity contribution in [1.29, 1.82) is 0 Å². The Kier molecular flexibility index (Phi) is 5.98. The Bertz CT molecular complexity index is 442. The van der Waals surface area contributed by atoms with Gasteiger partial charge < -0.3 is 5.32 Å². The molecule has 106 valence electrons. The van der Waals surface area contributed by atoms with Crippen molar-refractivity contribution in [3.63, 3.8) is 0 Å². The minimum absolute atomic E-state index is 0.127. The van der Waals surface area contributed by atoms with E-state index in [2.05, 4.69) is 22.4 Å². The number of rotatable bonds is 8. The van der Waals surface area contributed by atoms with Gasteiger partial charge in [0.15, 0.2) is 0 Å². The van der Waals surface area contributed by atoms with E-state index in [-0.39, 0.29) is 11.4 Å². The van der Waals surface area contributed by atoms with Crippen LogP contribution in [0, 0.1) is 10.1 Å². The molecular weight excluding hydrogens is 248 g/mol. The van der Waals surface area contributed by atoms with Crippen LogP contribution in [0.25, 0.3) is 0 Å². The Labute approximate surface area is 111 Å². The van der Waals surface area contributed by atoms with E-state index in [0.29, 0.717) is 18.7 Å². The van der Waals surface area contributed by atoms with Crippen molar-refractivity contribution in [1.82, 2.24) is 15.5 Å². The van der Waals surface area contributed by atoms with Crippen molar-refractivity contribution >= 4 is 11.6 Å². The molecule has 0 aliphatic rings. The average Bonchev–Trinajstić information content (AvgIpc) is 2.82. The van der Waals surface area contributed by atoms with Crippen LogP contribution in [0.1, 0.15) is 55.7 Å². The summed E-state index contributed by atoms with van der Waals surface area (Å²) in [5, 5.41) is 19.9. The molecule has 7 heteroatoms. The van der Waals surface area contributed by atoms with E-state index in [0.717, 1.165) is 25.7 Å². The Balaban J connectivity index is 2.62. The van der Waals surface area contributed by atoms with Crippen molar-refractivity contribution in [2.75, 3.05) is 6.54 Å². The van der Waals surface area contributed by atoms with Crippen molar-refractivity contribution in [2.24, 2.45) is 0 Å². The molecule has 0 bridgehead atoms. The van der Waals surface area contributed by atoms with Crippen LogP contribution in [0.15, 0.2) is 0 Å². The van der Waals surface area contributed by atoms with Gasteiger partial charge in [-0.1, -0.05) is 33.1 Å². The zero-order valence-electron chi connectivity index (χ0n) is 11.4. The molecule has 0 aliphatic carbocycles. The number of aryl methyl sites for hydroxylation is 1. The highest BCUT2D eigenvalue weighted by Gasteiger charge is 2.27. The predicted octanol–water partition coefficient (Wildman–Crippen LogP) is 2.19. The second-order valence-corrected chi connectivity index (χ2v) is 4.33. The number of hydrogen-bond acceptors (Lipinski definition) is 4. The van der Waals surface area contributed by atoms with Crippen molar-refractivity contribution in [3.8, 4) is 0 Å². The van der Waals surface area contributed by atoms with E-state index in [9.17, 15) is 14.9 Å². The molecule has 0 fully saturated rings. The lowest BCUT2D eigenvalue weighted by Crippen LogP contribution is -2.25. The van der Waals surface area contributed by atoms with Crippen LogP contribution in [0.2, 0.25) is 0 Å². The molecule has 2 N–H and O–H groups in total. The Morgan fingerprint density at radius 1 is 1.37 bits per heavy atom. The maximum Gasteiger partial charge on any atom is 0.322 e. The first-order valence-corrected chi connectivity index (χ1v) is 6.61. The molecule has 7 nitrogen and oxygen atoms in total. The van der Waals surface area contributed by atoms with Crippen LogP contribution in [0.3, 0.4) is 0 Å². The number of nitrogens with zero attached hydrogens (tertiary/aromatic N) is 2. The van der Waals surface area contributed by atoms with Crippen molar-refractivity contribution < 1.29 is 9.72 Å². The molecule has 0 aromatic carbocycles. The van der Waals surface area contributed by atoms with Gasteiger partial charge in [0.25, 0.3) is 5.91 Å². The van der Waals surface area contributed by atoms with E-state index >= 15 is 0 Å². The van der Waals surface area contributed by atoms with Gasteiger partial charge in [0, 0.05) is 6.54 Å². The van der Waals surface area contributed by atoms with Crippen molar-refractivity contribution in [3.05, 3.63) is 21.5 Å². The molecule has 1 amide bonds. The number of nitro groups is 1. The van der Waals surface area contributed by atoms with Gasteiger partial charge in [-0.25, -0.2) is 0 Å². The van der Waals surface area contributed by atoms with Crippen LogP contribution < -0.4 is 5.32 Å². The van der Waals surface area contributed by atoms with Gasteiger partial charge in [0.2, 0.25) is 5.69 Å². The number of carbonyl (C=O) groups is 1. The van der Waals surface area contributed by atoms with Gasteiger partial charge in [0.1, 0.15) is 5.69 Å². The minimum atomic E-state index is -0.561. The zero-order chi connectivity index (χ0) is 14.3. The second kappa shape index (κ2) is 7.50. The number of aromatic nitrogens is 2. The van der Waals surface area contributed by atoms with Gasteiger partial charge in [-0.2, -0.15) is 5.10 Å². The fraction of sp³-hybridized carbons (Fsp3) is 0.667. The smallest absolute Gasteiger partial charge is 0.322 e. The number of amides is 1. The predicted molar refractivity (Wildman–Crippen MR) is 71.1 cm³/mol. The Morgan fingerprint density at radius 2 is 2.11 bits per heavy atom. The molecule has 0 atom stereocenters. The molecule has 1 aromatic rings. The van der Waals surface area contributed by atoms with Crippen LogP contribution in [0.4, 0.5) is 5.69 Å².